The van der Waals surface area contributed by atoms with Crippen LogP contribution in [0.15, 0.2) is 58.1 Å². The van der Waals surface area contributed by atoms with Gasteiger partial charge in [-0.2, -0.15) is 0 Å². The summed E-state index contributed by atoms with van der Waals surface area (Å²) in [4.78, 5) is 16.4. The monoisotopic (exact) mass is 416 g/mol. The van der Waals surface area contributed by atoms with Crippen LogP contribution in [0.5, 0.6) is 0 Å². The standard InChI is InChI=1S/C21H21FN2O4S/c22-16-2-1-3-18(11-16)29(26,27)17-6-4-14(5-7-17)12-24-21(25)19-10-15-8-9-23-13-20(15)28-19/h4-10,13,16,18H,1-3,11-12H2,(H,24,25). The van der Waals surface area contributed by atoms with Crippen LogP contribution in [0.25, 0.3) is 11.0 Å². The smallest absolute Gasteiger partial charge is 0.287 e. The van der Waals surface area contributed by atoms with Gasteiger partial charge in [0.1, 0.15) is 6.17 Å². The number of carbonyl (C=O) groups excluding carboxylic acids is 1. The third-order valence-corrected chi connectivity index (χ3v) is 7.49. The number of carbonyl (C=O) groups is 1. The fourth-order valence-corrected chi connectivity index (χ4v) is 5.46. The molecular formula is C21H21FN2O4S. The van der Waals surface area contributed by atoms with Crippen LogP contribution in [-0.4, -0.2) is 30.7 Å². The van der Waals surface area contributed by atoms with Crippen molar-refractivity contribution in [2.24, 2.45) is 0 Å². The van der Waals surface area contributed by atoms with Gasteiger partial charge in [0.25, 0.3) is 5.91 Å². The van der Waals surface area contributed by atoms with Gasteiger partial charge >= 0.3 is 0 Å². The van der Waals surface area contributed by atoms with Crippen molar-refractivity contribution in [3.8, 4) is 0 Å². The number of furan rings is 1. The van der Waals surface area contributed by atoms with Crippen LogP contribution >= 0.6 is 0 Å². The van der Waals surface area contributed by atoms with Crippen molar-refractivity contribution in [1.82, 2.24) is 10.3 Å². The van der Waals surface area contributed by atoms with Gasteiger partial charge in [-0.05, 0) is 55.5 Å². The van der Waals surface area contributed by atoms with E-state index in [1.165, 1.54) is 12.1 Å². The molecule has 2 unspecified atom stereocenters. The minimum Gasteiger partial charge on any atom is -0.449 e. The molecule has 0 aliphatic heterocycles. The van der Waals surface area contributed by atoms with Crippen molar-refractivity contribution in [2.45, 2.75) is 48.5 Å². The Morgan fingerprint density at radius 3 is 2.72 bits per heavy atom. The molecule has 2 aromatic heterocycles. The Hall–Kier alpha value is -2.74. The second-order valence-corrected chi connectivity index (χ2v) is 9.51. The van der Waals surface area contributed by atoms with Crippen molar-refractivity contribution in [2.75, 3.05) is 0 Å². The van der Waals surface area contributed by atoms with E-state index in [-0.39, 0.29) is 29.5 Å². The van der Waals surface area contributed by atoms with Crippen LogP contribution in [-0.2, 0) is 16.4 Å². The van der Waals surface area contributed by atoms with Gasteiger partial charge in [-0.3, -0.25) is 9.78 Å². The lowest BCUT2D eigenvalue weighted by Gasteiger charge is -2.24. The van der Waals surface area contributed by atoms with Crippen LogP contribution in [0.4, 0.5) is 4.39 Å². The predicted octanol–water partition coefficient (Wildman–Crippen LogP) is 3.81. The number of nitrogens with one attached hydrogen (secondary N) is 1. The minimum absolute atomic E-state index is 0.0627. The highest BCUT2D eigenvalue weighted by Gasteiger charge is 2.32. The molecule has 1 aliphatic rings. The van der Waals surface area contributed by atoms with Gasteiger partial charge in [-0.1, -0.05) is 12.1 Å². The van der Waals surface area contributed by atoms with E-state index in [9.17, 15) is 17.6 Å². The zero-order valence-corrected chi connectivity index (χ0v) is 16.5. The molecule has 1 aromatic carbocycles. The van der Waals surface area contributed by atoms with E-state index in [1.807, 2.05) is 0 Å². The third kappa shape index (κ3) is 4.17. The Morgan fingerprint density at radius 2 is 2.00 bits per heavy atom. The Kier molecular flexibility index (Phi) is 5.36. The maximum absolute atomic E-state index is 13.6. The number of aromatic nitrogens is 1. The SMILES string of the molecule is O=C(NCc1ccc(S(=O)(=O)C2CCCC(F)C2)cc1)c1cc2ccncc2o1. The van der Waals surface area contributed by atoms with E-state index in [4.69, 9.17) is 4.42 Å². The van der Waals surface area contributed by atoms with Gasteiger partial charge in [0.05, 0.1) is 16.3 Å². The number of rotatable bonds is 5. The molecule has 152 valence electrons. The summed E-state index contributed by atoms with van der Waals surface area (Å²) < 4.78 is 44.5. The number of benzene rings is 1. The molecule has 4 rings (SSSR count). The molecule has 0 radical (unpaired) electrons. The van der Waals surface area contributed by atoms with E-state index >= 15 is 0 Å². The van der Waals surface area contributed by atoms with Gasteiger partial charge in [-0.25, -0.2) is 12.8 Å². The molecule has 2 atom stereocenters. The largest absolute Gasteiger partial charge is 0.449 e. The Labute approximate surface area is 168 Å². The molecule has 29 heavy (non-hydrogen) atoms. The number of fused-ring (bicyclic) bond motifs is 1. The molecule has 0 saturated heterocycles. The normalized spacial score (nSPS) is 19.9. The van der Waals surface area contributed by atoms with Crippen molar-refractivity contribution < 1.29 is 22.0 Å². The number of nitrogens with zero attached hydrogens (tertiary/aromatic N) is 1. The lowest BCUT2D eigenvalue weighted by atomic mass is 9.98. The third-order valence-electron chi connectivity index (χ3n) is 5.25. The van der Waals surface area contributed by atoms with Gasteiger partial charge in [0.15, 0.2) is 21.2 Å². The summed E-state index contributed by atoms with van der Waals surface area (Å²) in [5.74, 6) is -0.181. The highest BCUT2D eigenvalue weighted by Crippen LogP contribution is 2.30. The molecule has 1 saturated carbocycles. The molecule has 3 aromatic rings. The van der Waals surface area contributed by atoms with Crippen LogP contribution < -0.4 is 5.32 Å². The van der Waals surface area contributed by atoms with Crippen molar-refractivity contribution in [3.05, 3.63) is 60.1 Å². The van der Waals surface area contributed by atoms with E-state index in [1.54, 1.807) is 36.7 Å². The number of hydrogen-bond acceptors (Lipinski definition) is 5. The average molecular weight is 416 g/mol. The Bertz CT molecular complexity index is 1090. The van der Waals surface area contributed by atoms with Crippen LogP contribution in [0, 0.1) is 0 Å². The number of sulfone groups is 1. The molecule has 0 bridgehead atoms. The number of pyridine rings is 1. The fraction of sp³-hybridized carbons (Fsp3) is 0.333. The Morgan fingerprint density at radius 1 is 1.21 bits per heavy atom. The zero-order chi connectivity index (χ0) is 20.4. The second kappa shape index (κ2) is 7.94. The van der Waals surface area contributed by atoms with Crippen LogP contribution in [0.1, 0.15) is 41.8 Å². The number of hydrogen-bond donors (Lipinski definition) is 1. The highest BCUT2D eigenvalue weighted by molar-refractivity contribution is 7.92. The summed E-state index contributed by atoms with van der Waals surface area (Å²) in [5, 5.41) is 2.87. The molecule has 1 N–H and O–H groups in total. The number of halogens is 1. The maximum atomic E-state index is 13.6. The lowest BCUT2D eigenvalue weighted by Crippen LogP contribution is -2.29. The predicted molar refractivity (Wildman–Crippen MR) is 106 cm³/mol. The first-order valence-corrected chi connectivity index (χ1v) is 11.1. The summed E-state index contributed by atoms with van der Waals surface area (Å²) in [7, 11) is -3.55. The van der Waals surface area contributed by atoms with Gasteiger partial charge < -0.3 is 9.73 Å². The molecule has 0 spiro atoms. The summed E-state index contributed by atoms with van der Waals surface area (Å²) in [6, 6.07) is 9.75. The van der Waals surface area contributed by atoms with Crippen LogP contribution in [0.2, 0.25) is 0 Å². The van der Waals surface area contributed by atoms with Gasteiger partial charge in [0.2, 0.25) is 0 Å². The zero-order valence-electron chi connectivity index (χ0n) is 15.7. The Balaban J connectivity index is 1.41. The van der Waals surface area contributed by atoms with E-state index in [0.29, 0.717) is 24.8 Å². The van der Waals surface area contributed by atoms with Crippen molar-refractivity contribution in [3.63, 3.8) is 0 Å². The highest BCUT2D eigenvalue weighted by atomic mass is 32.2. The molecule has 1 amide bonds. The molecule has 2 heterocycles. The molecular weight excluding hydrogens is 395 g/mol. The van der Waals surface area contributed by atoms with Gasteiger partial charge in [0, 0.05) is 18.1 Å². The van der Waals surface area contributed by atoms with E-state index in [2.05, 4.69) is 10.3 Å². The summed E-state index contributed by atoms with van der Waals surface area (Å²) >= 11 is 0. The summed E-state index contributed by atoms with van der Waals surface area (Å²) in [6.45, 7) is 0.227. The summed E-state index contributed by atoms with van der Waals surface area (Å²) in [5.41, 5.74) is 1.28. The quantitative estimate of drug-likeness (QED) is 0.683. The average Bonchev–Trinajstić information content (AvgIpc) is 3.17. The van der Waals surface area contributed by atoms with Crippen molar-refractivity contribution in [1.29, 1.82) is 0 Å². The first-order chi connectivity index (χ1) is 13.9. The number of alkyl halides is 1. The fourth-order valence-electron chi connectivity index (χ4n) is 3.62. The van der Waals surface area contributed by atoms with Crippen LogP contribution in [0.3, 0.4) is 0 Å². The lowest BCUT2D eigenvalue weighted by molar-refractivity contribution is 0.0925. The van der Waals surface area contributed by atoms with Gasteiger partial charge in [-0.15, -0.1) is 0 Å². The first kappa shape index (κ1) is 19.6. The maximum Gasteiger partial charge on any atom is 0.287 e. The molecule has 8 heteroatoms. The molecule has 1 aliphatic carbocycles. The topological polar surface area (TPSA) is 89.3 Å². The molecule has 1 fully saturated rings. The van der Waals surface area contributed by atoms with E-state index < -0.39 is 21.3 Å². The second-order valence-electron chi connectivity index (χ2n) is 7.28. The van der Waals surface area contributed by atoms with Crippen molar-refractivity contribution >= 4 is 26.7 Å². The summed E-state index contributed by atoms with van der Waals surface area (Å²) in [6.07, 6.45) is 3.70. The number of amides is 1. The first-order valence-electron chi connectivity index (χ1n) is 9.52. The molecule has 6 nitrogen and oxygen atoms in total. The minimum atomic E-state index is -3.55. The van der Waals surface area contributed by atoms with E-state index in [0.717, 1.165) is 10.9 Å².